The molecule has 0 bridgehead atoms. The number of aryl methyl sites for hydroxylation is 3. The van der Waals surface area contributed by atoms with Gasteiger partial charge in [0, 0.05) is 16.5 Å². The first kappa shape index (κ1) is 15.4. The molecule has 1 aromatic heterocycles. The highest BCUT2D eigenvalue weighted by Crippen LogP contribution is 2.28. The van der Waals surface area contributed by atoms with E-state index in [4.69, 9.17) is 0 Å². The number of hydrogen-bond donors (Lipinski definition) is 1. The molecule has 0 aliphatic carbocycles. The van der Waals surface area contributed by atoms with E-state index in [-0.39, 0.29) is 5.91 Å². The molecule has 0 saturated heterocycles. The van der Waals surface area contributed by atoms with Gasteiger partial charge in [-0.25, -0.2) is 4.98 Å². The summed E-state index contributed by atoms with van der Waals surface area (Å²) in [6.07, 6.45) is 0. The zero-order valence-electron chi connectivity index (χ0n) is 13.4. The Morgan fingerprint density at radius 3 is 2.43 bits per heavy atom. The zero-order valence-corrected chi connectivity index (χ0v) is 14.2. The van der Waals surface area contributed by atoms with E-state index in [1.54, 1.807) is 0 Å². The SMILES string of the molecule is Cc1ccc(C(=O)Nc2nc(-c3cc(C)ccc3C)cs2)cc1. The summed E-state index contributed by atoms with van der Waals surface area (Å²) in [5.41, 5.74) is 6.15. The number of benzene rings is 2. The molecular formula is C19H18N2OS. The standard InChI is InChI=1S/C19H18N2OS/c1-12-5-8-15(9-6-12)18(22)21-19-20-17(11-23-19)16-10-13(2)4-7-14(16)3/h4-11H,1-3H3,(H,20,21,22). The zero-order chi connectivity index (χ0) is 16.4. The van der Waals surface area contributed by atoms with Crippen LogP contribution in [0.5, 0.6) is 0 Å². The van der Waals surface area contributed by atoms with Crippen molar-refractivity contribution in [1.82, 2.24) is 4.98 Å². The normalized spacial score (nSPS) is 10.6. The maximum atomic E-state index is 12.2. The van der Waals surface area contributed by atoms with Crippen LogP contribution in [0.2, 0.25) is 0 Å². The molecule has 0 saturated carbocycles. The maximum Gasteiger partial charge on any atom is 0.257 e. The van der Waals surface area contributed by atoms with E-state index in [1.807, 2.05) is 36.6 Å². The van der Waals surface area contributed by atoms with Crippen molar-refractivity contribution in [2.75, 3.05) is 5.32 Å². The van der Waals surface area contributed by atoms with Crippen LogP contribution in [0.4, 0.5) is 5.13 Å². The second kappa shape index (κ2) is 6.34. The summed E-state index contributed by atoms with van der Waals surface area (Å²) < 4.78 is 0. The summed E-state index contributed by atoms with van der Waals surface area (Å²) in [5.74, 6) is -0.133. The van der Waals surface area contributed by atoms with E-state index >= 15 is 0 Å². The van der Waals surface area contributed by atoms with Gasteiger partial charge in [-0.1, -0.05) is 35.4 Å². The molecule has 0 radical (unpaired) electrons. The Kier molecular flexibility index (Phi) is 4.26. The summed E-state index contributed by atoms with van der Waals surface area (Å²) in [7, 11) is 0. The first-order chi connectivity index (χ1) is 11.0. The third-order valence-corrected chi connectivity index (χ3v) is 4.47. The fourth-order valence-corrected chi connectivity index (χ4v) is 3.05. The molecule has 2 aromatic carbocycles. The fourth-order valence-electron chi connectivity index (χ4n) is 2.34. The van der Waals surface area contributed by atoms with Crippen molar-refractivity contribution in [3.8, 4) is 11.3 Å². The lowest BCUT2D eigenvalue weighted by Gasteiger charge is -2.04. The van der Waals surface area contributed by atoms with Gasteiger partial charge < -0.3 is 0 Å². The molecule has 0 aliphatic heterocycles. The first-order valence-corrected chi connectivity index (χ1v) is 8.32. The van der Waals surface area contributed by atoms with Gasteiger partial charge in [-0.15, -0.1) is 11.3 Å². The minimum atomic E-state index is -0.133. The van der Waals surface area contributed by atoms with Gasteiger partial charge in [-0.3, -0.25) is 10.1 Å². The van der Waals surface area contributed by atoms with Crippen molar-refractivity contribution in [2.45, 2.75) is 20.8 Å². The molecule has 0 atom stereocenters. The van der Waals surface area contributed by atoms with Crippen molar-refractivity contribution in [3.63, 3.8) is 0 Å². The number of carbonyl (C=O) groups excluding carboxylic acids is 1. The van der Waals surface area contributed by atoms with Crippen LogP contribution < -0.4 is 5.32 Å². The maximum absolute atomic E-state index is 12.2. The monoisotopic (exact) mass is 322 g/mol. The van der Waals surface area contributed by atoms with Crippen molar-refractivity contribution in [3.05, 3.63) is 70.1 Å². The average Bonchev–Trinajstić information content (AvgIpc) is 2.98. The average molecular weight is 322 g/mol. The van der Waals surface area contributed by atoms with Gasteiger partial charge in [0.2, 0.25) is 0 Å². The predicted octanol–water partition coefficient (Wildman–Crippen LogP) is 4.99. The Morgan fingerprint density at radius 1 is 1.00 bits per heavy atom. The number of nitrogens with one attached hydrogen (secondary N) is 1. The van der Waals surface area contributed by atoms with Crippen molar-refractivity contribution in [1.29, 1.82) is 0 Å². The summed E-state index contributed by atoms with van der Waals surface area (Å²) in [6.45, 7) is 6.13. The molecular weight excluding hydrogens is 304 g/mol. The lowest BCUT2D eigenvalue weighted by atomic mass is 10.0. The van der Waals surface area contributed by atoms with Crippen LogP contribution in [0.1, 0.15) is 27.0 Å². The third-order valence-electron chi connectivity index (χ3n) is 3.71. The van der Waals surface area contributed by atoms with E-state index in [1.165, 1.54) is 22.5 Å². The number of aromatic nitrogens is 1. The number of nitrogens with zero attached hydrogens (tertiary/aromatic N) is 1. The van der Waals surface area contributed by atoms with Crippen LogP contribution in [0.25, 0.3) is 11.3 Å². The Morgan fingerprint density at radius 2 is 1.70 bits per heavy atom. The van der Waals surface area contributed by atoms with Crippen LogP contribution in [0.15, 0.2) is 47.8 Å². The highest BCUT2D eigenvalue weighted by Gasteiger charge is 2.11. The molecule has 0 spiro atoms. The molecule has 3 nitrogen and oxygen atoms in total. The first-order valence-electron chi connectivity index (χ1n) is 7.44. The Bertz CT molecular complexity index is 850. The molecule has 0 aliphatic rings. The van der Waals surface area contributed by atoms with E-state index in [2.05, 4.69) is 42.3 Å². The minimum absolute atomic E-state index is 0.133. The van der Waals surface area contributed by atoms with Crippen molar-refractivity contribution < 1.29 is 4.79 Å². The number of amides is 1. The number of thiazole rings is 1. The minimum Gasteiger partial charge on any atom is -0.298 e. The van der Waals surface area contributed by atoms with Gasteiger partial charge in [-0.2, -0.15) is 0 Å². The highest BCUT2D eigenvalue weighted by atomic mass is 32.1. The van der Waals surface area contributed by atoms with Gasteiger partial charge in [-0.05, 0) is 44.5 Å². The van der Waals surface area contributed by atoms with Gasteiger partial charge in [0.1, 0.15) is 0 Å². The Labute approximate surface area is 140 Å². The Hall–Kier alpha value is -2.46. The van der Waals surface area contributed by atoms with Crippen molar-refractivity contribution >= 4 is 22.4 Å². The number of rotatable bonds is 3. The van der Waals surface area contributed by atoms with Crippen LogP contribution >= 0.6 is 11.3 Å². The molecule has 4 heteroatoms. The van der Waals surface area contributed by atoms with Crippen LogP contribution in [-0.4, -0.2) is 10.9 Å². The quantitative estimate of drug-likeness (QED) is 0.738. The van der Waals surface area contributed by atoms with Gasteiger partial charge >= 0.3 is 0 Å². The van der Waals surface area contributed by atoms with Gasteiger partial charge in [0.25, 0.3) is 5.91 Å². The number of anilines is 1. The third kappa shape index (κ3) is 3.48. The summed E-state index contributed by atoms with van der Waals surface area (Å²) >= 11 is 1.44. The molecule has 1 heterocycles. The second-order valence-electron chi connectivity index (χ2n) is 5.68. The largest absolute Gasteiger partial charge is 0.298 e. The van der Waals surface area contributed by atoms with Gasteiger partial charge in [0.05, 0.1) is 5.69 Å². The molecule has 1 N–H and O–H groups in total. The lowest BCUT2D eigenvalue weighted by molar-refractivity contribution is 0.102. The van der Waals surface area contributed by atoms with Crippen LogP contribution in [0, 0.1) is 20.8 Å². The van der Waals surface area contributed by atoms with Crippen LogP contribution in [0.3, 0.4) is 0 Å². The number of hydrogen-bond acceptors (Lipinski definition) is 3. The number of carbonyl (C=O) groups is 1. The highest BCUT2D eigenvalue weighted by molar-refractivity contribution is 7.14. The van der Waals surface area contributed by atoms with Crippen LogP contribution in [-0.2, 0) is 0 Å². The molecule has 23 heavy (non-hydrogen) atoms. The second-order valence-corrected chi connectivity index (χ2v) is 6.53. The topological polar surface area (TPSA) is 42.0 Å². The molecule has 3 aromatic rings. The molecule has 1 amide bonds. The smallest absolute Gasteiger partial charge is 0.257 e. The lowest BCUT2D eigenvalue weighted by Crippen LogP contribution is -2.11. The predicted molar refractivity (Wildman–Crippen MR) is 96.2 cm³/mol. The molecule has 3 rings (SSSR count). The molecule has 0 fully saturated rings. The van der Waals surface area contributed by atoms with E-state index in [9.17, 15) is 4.79 Å². The fraction of sp³-hybridized carbons (Fsp3) is 0.158. The van der Waals surface area contributed by atoms with Gasteiger partial charge in [0.15, 0.2) is 5.13 Å². The Balaban J connectivity index is 1.81. The van der Waals surface area contributed by atoms with E-state index in [0.717, 1.165) is 16.8 Å². The van der Waals surface area contributed by atoms with E-state index < -0.39 is 0 Å². The van der Waals surface area contributed by atoms with Crippen molar-refractivity contribution in [2.24, 2.45) is 0 Å². The summed E-state index contributed by atoms with van der Waals surface area (Å²) in [4.78, 5) is 16.8. The molecule has 116 valence electrons. The summed E-state index contributed by atoms with van der Waals surface area (Å²) in [6, 6.07) is 13.8. The van der Waals surface area contributed by atoms with E-state index in [0.29, 0.717) is 10.7 Å². The molecule has 0 unspecified atom stereocenters. The summed E-state index contributed by atoms with van der Waals surface area (Å²) in [5, 5.41) is 5.47.